The molecule has 1 aliphatic rings. The summed E-state index contributed by atoms with van der Waals surface area (Å²) in [5, 5.41) is 18.4. The van der Waals surface area contributed by atoms with E-state index in [0.717, 1.165) is 18.2 Å². The first-order chi connectivity index (χ1) is 12.3. The maximum atomic E-state index is 13.8. The Hall–Kier alpha value is -2.42. The number of hydrogen-bond donors (Lipinski definition) is 2. The quantitative estimate of drug-likeness (QED) is 0.533. The molecule has 1 atom stereocenters. The van der Waals surface area contributed by atoms with E-state index in [1.165, 1.54) is 24.4 Å². The van der Waals surface area contributed by atoms with Crippen molar-refractivity contribution in [2.24, 2.45) is 16.1 Å². The first-order valence-corrected chi connectivity index (χ1v) is 8.96. The monoisotopic (exact) mass is 381 g/mol. The highest BCUT2D eigenvalue weighted by molar-refractivity contribution is 8.15. The van der Waals surface area contributed by atoms with Gasteiger partial charge in [-0.05, 0) is 30.0 Å². The van der Waals surface area contributed by atoms with Crippen molar-refractivity contribution in [1.29, 1.82) is 0 Å². The fourth-order valence-electron chi connectivity index (χ4n) is 2.01. The van der Waals surface area contributed by atoms with E-state index >= 15 is 0 Å². The molecular formula is C17H20FN3O4S. The lowest BCUT2D eigenvalue weighted by molar-refractivity contribution is -0.138. The minimum absolute atomic E-state index is 0.146. The Labute approximate surface area is 154 Å². The van der Waals surface area contributed by atoms with Gasteiger partial charge in [0.05, 0.1) is 19.2 Å². The van der Waals surface area contributed by atoms with Crippen molar-refractivity contribution in [2.45, 2.75) is 31.9 Å². The van der Waals surface area contributed by atoms with Crippen molar-refractivity contribution in [3.8, 4) is 5.75 Å². The molecule has 1 amide bonds. The van der Waals surface area contributed by atoms with Crippen LogP contribution in [0.5, 0.6) is 5.75 Å². The third-order valence-electron chi connectivity index (χ3n) is 3.40. The lowest BCUT2D eigenvalue weighted by atomic mass is 10.1. The van der Waals surface area contributed by atoms with Gasteiger partial charge in [-0.2, -0.15) is 5.10 Å². The molecule has 0 saturated carbocycles. The van der Waals surface area contributed by atoms with E-state index in [4.69, 9.17) is 9.84 Å². The van der Waals surface area contributed by atoms with Gasteiger partial charge in [0.15, 0.2) is 16.7 Å². The van der Waals surface area contributed by atoms with Crippen molar-refractivity contribution in [2.75, 3.05) is 6.61 Å². The SMILES string of the molecule is CC(C)CCOc1cc(C=NN=C2NC(=O)C(CC(=O)O)S2)ccc1F. The van der Waals surface area contributed by atoms with Crippen LogP contribution >= 0.6 is 11.8 Å². The number of rotatable bonds is 8. The van der Waals surface area contributed by atoms with Crippen molar-refractivity contribution < 1.29 is 23.8 Å². The predicted molar refractivity (Wildman–Crippen MR) is 98.2 cm³/mol. The molecule has 1 aromatic rings. The zero-order valence-electron chi connectivity index (χ0n) is 14.4. The van der Waals surface area contributed by atoms with Crippen LogP contribution in [0.1, 0.15) is 32.3 Å². The zero-order chi connectivity index (χ0) is 19.1. The number of ether oxygens (including phenoxy) is 1. The number of thioether (sulfide) groups is 1. The standard InChI is InChI=1S/C17H20FN3O4S/c1-10(2)5-6-25-13-7-11(3-4-12(13)18)9-19-21-17-20-16(24)14(26-17)8-15(22)23/h3-4,7,9-10,14H,5-6,8H2,1-2H3,(H,22,23)(H,20,21,24). The molecule has 1 aliphatic heterocycles. The number of benzene rings is 1. The van der Waals surface area contributed by atoms with Crippen LogP contribution in [0.25, 0.3) is 0 Å². The maximum Gasteiger partial charge on any atom is 0.305 e. The Kier molecular flexibility index (Phi) is 7.14. The van der Waals surface area contributed by atoms with E-state index in [1.54, 1.807) is 0 Å². The normalized spacial score (nSPS) is 18.7. The van der Waals surface area contributed by atoms with Crippen LogP contribution in [0.3, 0.4) is 0 Å². The van der Waals surface area contributed by atoms with Gasteiger partial charge in [0.25, 0.3) is 0 Å². The fourth-order valence-corrected chi connectivity index (χ4v) is 2.92. The number of amidine groups is 1. The minimum Gasteiger partial charge on any atom is -0.490 e. The van der Waals surface area contributed by atoms with Crippen LogP contribution in [-0.4, -0.2) is 40.2 Å². The summed E-state index contributed by atoms with van der Waals surface area (Å²) >= 11 is 1.01. The van der Waals surface area contributed by atoms with Crippen LogP contribution < -0.4 is 10.1 Å². The van der Waals surface area contributed by atoms with Gasteiger partial charge in [0.1, 0.15) is 5.25 Å². The van der Waals surface area contributed by atoms with E-state index < -0.39 is 22.9 Å². The maximum absolute atomic E-state index is 13.8. The van der Waals surface area contributed by atoms with Gasteiger partial charge in [-0.3, -0.25) is 9.59 Å². The van der Waals surface area contributed by atoms with Gasteiger partial charge < -0.3 is 15.2 Å². The number of amides is 1. The van der Waals surface area contributed by atoms with Crippen LogP contribution in [0.15, 0.2) is 28.4 Å². The molecule has 1 aromatic carbocycles. The highest BCUT2D eigenvalue weighted by atomic mass is 32.2. The van der Waals surface area contributed by atoms with Crippen LogP contribution in [0.4, 0.5) is 4.39 Å². The molecule has 0 bridgehead atoms. The number of carboxylic acids is 1. The Morgan fingerprint density at radius 1 is 1.50 bits per heavy atom. The molecular weight excluding hydrogens is 361 g/mol. The molecule has 2 N–H and O–H groups in total. The molecule has 0 spiro atoms. The lowest BCUT2D eigenvalue weighted by Gasteiger charge is -2.09. The second kappa shape index (κ2) is 9.33. The van der Waals surface area contributed by atoms with Gasteiger partial charge in [-0.15, -0.1) is 5.10 Å². The largest absolute Gasteiger partial charge is 0.490 e. The van der Waals surface area contributed by atoms with Crippen LogP contribution in [0.2, 0.25) is 0 Å². The fraction of sp³-hybridized carbons (Fsp3) is 0.412. The lowest BCUT2D eigenvalue weighted by Crippen LogP contribution is -2.26. The molecule has 2 rings (SSSR count). The average Bonchev–Trinajstić information content (AvgIpc) is 2.89. The van der Waals surface area contributed by atoms with Gasteiger partial charge >= 0.3 is 5.97 Å². The molecule has 140 valence electrons. The summed E-state index contributed by atoms with van der Waals surface area (Å²) in [6, 6.07) is 4.34. The van der Waals surface area contributed by atoms with E-state index in [9.17, 15) is 14.0 Å². The number of aliphatic carboxylic acids is 1. The smallest absolute Gasteiger partial charge is 0.305 e. The van der Waals surface area contributed by atoms with Gasteiger partial charge in [-0.1, -0.05) is 31.7 Å². The summed E-state index contributed by atoms with van der Waals surface area (Å²) < 4.78 is 19.2. The first kappa shape index (κ1) is 19.9. The van der Waals surface area contributed by atoms with E-state index in [1.807, 2.05) is 0 Å². The molecule has 26 heavy (non-hydrogen) atoms. The number of halogens is 1. The number of carbonyl (C=O) groups excluding carboxylic acids is 1. The Morgan fingerprint density at radius 2 is 2.27 bits per heavy atom. The number of nitrogens with zero attached hydrogens (tertiary/aromatic N) is 2. The molecule has 7 nitrogen and oxygen atoms in total. The minimum atomic E-state index is -1.06. The van der Waals surface area contributed by atoms with Gasteiger partial charge in [-0.25, -0.2) is 4.39 Å². The molecule has 0 aliphatic carbocycles. The summed E-state index contributed by atoms with van der Waals surface area (Å²) in [5.41, 5.74) is 0.590. The Balaban J connectivity index is 1.97. The number of carboxylic acid groups (broad SMARTS) is 1. The van der Waals surface area contributed by atoms with E-state index in [0.29, 0.717) is 18.1 Å². The van der Waals surface area contributed by atoms with E-state index in [2.05, 4.69) is 29.4 Å². The summed E-state index contributed by atoms with van der Waals surface area (Å²) in [4.78, 5) is 22.3. The third kappa shape index (κ3) is 6.14. The molecule has 0 radical (unpaired) electrons. The number of carbonyl (C=O) groups is 2. The second-order valence-corrected chi connectivity index (χ2v) is 7.26. The Morgan fingerprint density at radius 3 is 2.96 bits per heavy atom. The van der Waals surface area contributed by atoms with Crippen molar-refractivity contribution >= 4 is 35.0 Å². The summed E-state index contributed by atoms with van der Waals surface area (Å²) in [5.74, 6) is -1.31. The molecule has 1 unspecified atom stereocenters. The van der Waals surface area contributed by atoms with E-state index in [-0.39, 0.29) is 17.3 Å². The topological polar surface area (TPSA) is 100 Å². The number of hydrogen-bond acceptors (Lipinski definition) is 6. The van der Waals surface area contributed by atoms with Crippen molar-refractivity contribution in [1.82, 2.24) is 5.32 Å². The second-order valence-electron chi connectivity index (χ2n) is 6.06. The average molecular weight is 381 g/mol. The highest BCUT2D eigenvalue weighted by Crippen LogP contribution is 2.22. The molecule has 9 heteroatoms. The van der Waals surface area contributed by atoms with Crippen molar-refractivity contribution in [3.05, 3.63) is 29.6 Å². The summed E-state index contributed by atoms with van der Waals surface area (Å²) in [7, 11) is 0. The summed E-state index contributed by atoms with van der Waals surface area (Å²) in [6.45, 7) is 4.54. The molecule has 1 saturated heterocycles. The summed E-state index contributed by atoms with van der Waals surface area (Å²) in [6.07, 6.45) is 1.94. The number of nitrogens with one attached hydrogen (secondary N) is 1. The first-order valence-electron chi connectivity index (χ1n) is 8.08. The predicted octanol–water partition coefficient (Wildman–Crippen LogP) is 2.65. The molecule has 1 heterocycles. The zero-order valence-corrected chi connectivity index (χ0v) is 15.3. The third-order valence-corrected chi connectivity index (χ3v) is 4.47. The molecule has 0 aromatic heterocycles. The molecule has 1 fully saturated rings. The van der Waals surface area contributed by atoms with Crippen LogP contribution in [0, 0.1) is 11.7 Å². The van der Waals surface area contributed by atoms with Gasteiger partial charge in [0.2, 0.25) is 5.91 Å². The van der Waals surface area contributed by atoms with Crippen LogP contribution in [-0.2, 0) is 9.59 Å². The highest BCUT2D eigenvalue weighted by Gasteiger charge is 2.32. The Bertz CT molecular complexity index is 737. The van der Waals surface area contributed by atoms with Crippen molar-refractivity contribution in [3.63, 3.8) is 0 Å². The van der Waals surface area contributed by atoms with Gasteiger partial charge in [0, 0.05) is 0 Å².